The molecule has 3 aromatic rings. The predicted molar refractivity (Wildman–Crippen MR) is 101 cm³/mol. The normalized spacial score (nSPS) is 23.7. The molecule has 5 heterocycles. The van der Waals surface area contributed by atoms with Crippen molar-refractivity contribution < 1.29 is 17.7 Å². The second-order valence-electron chi connectivity index (χ2n) is 7.09. The maximum absolute atomic E-state index is 11.5. The van der Waals surface area contributed by atoms with Crippen molar-refractivity contribution in [3.05, 3.63) is 24.3 Å². The van der Waals surface area contributed by atoms with Gasteiger partial charge < -0.3 is 15.5 Å². The van der Waals surface area contributed by atoms with Gasteiger partial charge in [-0.25, -0.2) is 4.98 Å². The van der Waals surface area contributed by atoms with Gasteiger partial charge >= 0.3 is 10.3 Å². The second-order valence-corrected chi connectivity index (χ2v) is 8.50. The van der Waals surface area contributed by atoms with Crippen LogP contribution in [0, 0.1) is 5.92 Å². The Morgan fingerprint density at radius 2 is 2.11 bits per heavy atom. The van der Waals surface area contributed by atoms with Gasteiger partial charge in [-0.2, -0.15) is 12.7 Å². The molecule has 11 nitrogen and oxygen atoms in total. The zero-order valence-corrected chi connectivity index (χ0v) is 16.2. The molecule has 152 valence electrons. The molecule has 2 aliphatic rings. The predicted octanol–water partition coefficient (Wildman–Crippen LogP) is 0.178. The van der Waals surface area contributed by atoms with Gasteiger partial charge in [0.1, 0.15) is 5.82 Å². The standard InChI is InChI=1S/C13H16N6O3S.C3H7NO/c1-2-8-6-18(23(20,21)22)7-9(8)13-17-16-11-5-15-12-10(19(11)13)3-4-14-12;4-3-1-5-2-3/h3-5,8-9,14H,2,6-7H2,1H3,(H,20,21,22);3H,1-2,4H2/t8-,9+;/m0./s1. The minimum absolute atomic E-state index is 0.0754. The maximum atomic E-state index is 11.5. The monoisotopic (exact) mass is 409 g/mol. The van der Waals surface area contributed by atoms with E-state index in [-0.39, 0.29) is 24.9 Å². The van der Waals surface area contributed by atoms with E-state index in [4.69, 9.17) is 10.5 Å². The molecule has 2 saturated heterocycles. The Labute approximate surface area is 161 Å². The first-order valence-electron chi connectivity index (χ1n) is 9.11. The van der Waals surface area contributed by atoms with E-state index in [0.29, 0.717) is 17.5 Å². The van der Waals surface area contributed by atoms with Crippen molar-refractivity contribution in [2.24, 2.45) is 11.7 Å². The van der Waals surface area contributed by atoms with E-state index >= 15 is 0 Å². The summed E-state index contributed by atoms with van der Waals surface area (Å²) < 4.78 is 40.0. The van der Waals surface area contributed by atoms with Gasteiger partial charge in [-0.1, -0.05) is 13.3 Å². The van der Waals surface area contributed by atoms with Gasteiger partial charge in [-0.15, -0.1) is 10.2 Å². The summed E-state index contributed by atoms with van der Waals surface area (Å²) in [5.41, 5.74) is 7.44. The van der Waals surface area contributed by atoms with Crippen LogP contribution in [0.5, 0.6) is 0 Å². The van der Waals surface area contributed by atoms with E-state index in [9.17, 15) is 13.0 Å². The van der Waals surface area contributed by atoms with E-state index in [0.717, 1.165) is 35.1 Å². The fourth-order valence-electron chi connectivity index (χ4n) is 3.62. The van der Waals surface area contributed by atoms with Crippen molar-refractivity contribution in [3.63, 3.8) is 0 Å². The van der Waals surface area contributed by atoms with Crippen LogP contribution in [0.1, 0.15) is 25.1 Å². The number of nitrogens with zero attached hydrogens (tertiary/aromatic N) is 5. The van der Waals surface area contributed by atoms with Gasteiger partial charge in [0.15, 0.2) is 11.3 Å². The van der Waals surface area contributed by atoms with Crippen LogP contribution in [0.2, 0.25) is 0 Å². The second kappa shape index (κ2) is 7.37. The highest BCUT2D eigenvalue weighted by Gasteiger charge is 2.40. The van der Waals surface area contributed by atoms with Crippen molar-refractivity contribution in [3.8, 4) is 0 Å². The van der Waals surface area contributed by atoms with Crippen molar-refractivity contribution >= 4 is 27.1 Å². The van der Waals surface area contributed by atoms with E-state index in [2.05, 4.69) is 20.2 Å². The lowest BCUT2D eigenvalue weighted by atomic mass is 9.93. The van der Waals surface area contributed by atoms with Crippen LogP contribution < -0.4 is 5.73 Å². The number of aromatic amines is 1. The van der Waals surface area contributed by atoms with Gasteiger partial charge in [-0.05, 0) is 12.0 Å². The molecule has 3 aromatic heterocycles. The zero-order valence-electron chi connectivity index (χ0n) is 15.4. The Balaban J connectivity index is 0.000000336. The van der Waals surface area contributed by atoms with Gasteiger partial charge in [0.2, 0.25) is 0 Å². The number of hydrogen-bond donors (Lipinski definition) is 3. The van der Waals surface area contributed by atoms with Gasteiger partial charge in [0.25, 0.3) is 0 Å². The van der Waals surface area contributed by atoms with Crippen molar-refractivity contribution in [1.82, 2.24) is 28.9 Å². The molecule has 28 heavy (non-hydrogen) atoms. The number of hydrogen-bond acceptors (Lipinski definition) is 7. The van der Waals surface area contributed by atoms with Crippen LogP contribution in [0.4, 0.5) is 0 Å². The topological polar surface area (TPSA) is 152 Å². The Kier molecular flexibility index (Phi) is 5.05. The number of rotatable bonds is 3. The molecule has 0 radical (unpaired) electrons. The zero-order chi connectivity index (χ0) is 19.9. The van der Waals surface area contributed by atoms with Crippen LogP contribution in [0.3, 0.4) is 0 Å². The van der Waals surface area contributed by atoms with Crippen molar-refractivity contribution in [2.75, 3.05) is 26.3 Å². The Hall–Kier alpha value is -2.12. The summed E-state index contributed by atoms with van der Waals surface area (Å²) in [6, 6.07) is 2.23. The fraction of sp³-hybridized carbons (Fsp3) is 0.562. The number of nitrogens with two attached hydrogens (primary N) is 1. The third-order valence-electron chi connectivity index (χ3n) is 5.22. The summed E-state index contributed by atoms with van der Waals surface area (Å²) in [7, 11) is -4.20. The Bertz CT molecular complexity index is 1080. The molecule has 12 heteroatoms. The summed E-state index contributed by atoms with van der Waals surface area (Å²) in [6.45, 7) is 4.02. The van der Waals surface area contributed by atoms with Gasteiger partial charge in [-0.3, -0.25) is 8.95 Å². The summed E-state index contributed by atoms with van der Waals surface area (Å²) in [4.78, 5) is 7.32. The van der Waals surface area contributed by atoms with Gasteiger partial charge in [0.05, 0.1) is 31.0 Å². The average Bonchev–Trinajstić information content (AvgIpc) is 3.34. The fourth-order valence-corrected chi connectivity index (χ4v) is 4.35. The molecule has 2 atom stereocenters. The minimum atomic E-state index is -4.20. The highest BCUT2D eigenvalue weighted by molar-refractivity contribution is 7.83. The average molecular weight is 409 g/mol. The van der Waals surface area contributed by atoms with E-state index in [1.807, 2.05) is 17.4 Å². The molecule has 0 aliphatic carbocycles. The summed E-state index contributed by atoms with van der Waals surface area (Å²) in [5.74, 6) is 0.647. The number of ether oxygens (including phenoxy) is 1. The molecule has 0 aromatic carbocycles. The number of nitrogens with one attached hydrogen (secondary N) is 1. The smallest absolute Gasteiger partial charge is 0.335 e. The number of fused-ring (bicyclic) bond motifs is 3. The van der Waals surface area contributed by atoms with Gasteiger partial charge in [0, 0.05) is 25.2 Å². The molecule has 0 saturated carbocycles. The third kappa shape index (κ3) is 3.49. The first kappa shape index (κ1) is 19.2. The van der Waals surface area contributed by atoms with Crippen LogP contribution in [-0.4, -0.2) is 74.2 Å². The van der Waals surface area contributed by atoms with Crippen LogP contribution in [-0.2, 0) is 15.0 Å². The maximum Gasteiger partial charge on any atom is 0.335 e. The summed E-state index contributed by atoms with van der Waals surface area (Å²) >= 11 is 0. The lowest BCUT2D eigenvalue weighted by Gasteiger charge is -2.20. The number of aromatic nitrogens is 5. The molecular weight excluding hydrogens is 386 g/mol. The lowest BCUT2D eigenvalue weighted by Crippen LogP contribution is -2.41. The molecule has 2 aliphatic heterocycles. The van der Waals surface area contributed by atoms with Crippen molar-refractivity contribution in [1.29, 1.82) is 0 Å². The van der Waals surface area contributed by atoms with Crippen LogP contribution >= 0.6 is 0 Å². The van der Waals surface area contributed by atoms with E-state index in [1.165, 1.54) is 0 Å². The number of H-pyrrole nitrogens is 1. The molecule has 0 spiro atoms. The molecule has 2 fully saturated rings. The van der Waals surface area contributed by atoms with Crippen molar-refractivity contribution in [2.45, 2.75) is 25.3 Å². The highest BCUT2D eigenvalue weighted by Crippen LogP contribution is 2.35. The van der Waals surface area contributed by atoms with E-state index in [1.54, 1.807) is 12.4 Å². The minimum Gasteiger partial charge on any atom is -0.378 e. The quantitative estimate of drug-likeness (QED) is 0.518. The third-order valence-corrected chi connectivity index (χ3v) is 6.17. The molecule has 0 amide bonds. The molecular formula is C16H23N7O4S. The summed E-state index contributed by atoms with van der Waals surface area (Å²) in [5, 5.41) is 8.43. The molecule has 4 N–H and O–H groups in total. The summed E-state index contributed by atoms with van der Waals surface area (Å²) in [6.07, 6.45) is 4.20. The van der Waals surface area contributed by atoms with E-state index < -0.39 is 10.3 Å². The van der Waals surface area contributed by atoms with Crippen LogP contribution in [0.15, 0.2) is 18.5 Å². The first-order chi connectivity index (χ1) is 13.4. The first-order valence-corrected chi connectivity index (χ1v) is 10.5. The lowest BCUT2D eigenvalue weighted by molar-refractivity contribution is 0.0121. The molecule has 0 bridgehead atoms. The largest absolute Gasteiger partial charge is 0.378 e. The molecule has 0 unspecified atom stereocenters. The Morgan fingerprint density at radius 3 is 2.71 bits per heavy atom. The Morgan fingerprint density at radius 1 is 1.36 bits per heavy atom. The molecule has 5 rings (SSSR count). The SMILES string of the molecule is CC[C@H]1CN(S(=O)(=O)O)C[C@H]1c1nnc2cnc3[nH]ccc3n12.NC1COC1. The van der Waals surface area contributed by atoms with Crippen LogP contribution in [0.25, 0.3) is 16.8 Å². The highest BCUT2D eigenvalue weighted by atomic mass is 32.2.